The van der Waals surface area contributed by atoms with Crippen molar-refractivity contribution >= 4 is 5.78 Å². The maximum absolute atomic E-state index is 11.4. The van der Waals surface area contributed by atoms with Gasteiger partial charge in [-0.2, -0.15) is 0 Å². The molecule has 0 amide bonds. The summed E-state index contributed by atoms with van der Waals surface area (Å²) in [6, 6.07) is 0. The molecule has 0 N–H and O–H groups in total. The zero-order valence-corrected chi connectivity index (χ0v) is 7.96. The number of hydrogen-bond acceptors (Lipinski definition) is 1. The molecule has 3 aliphatic rings. The highest BCUT2D eigenvalue weighted by atomic mass is 16.1. The second-order valence-corrected chi connectivity index (χ2v) is 4.07. The minimum absolute atomic E-state index is 0.452. The van der Waals surface area contributed by atoms with Crippen molar-refractivity contribution in [3.8, 4) is 0 Å². The molecule has 0 fully saturated rings. The SMILES string of the molecule is O=C1CCC/C=C2\C=C[C@H](CC2)C1. The lowest BCUT2D eigenvalue weighted by Crippen LogP contribution is -2.10. The van der Waals surface area contributed by atoms with E-state index >= 15 is 0 Å². The van der Waals surface area contributed by atoms with Crippen LogP contribution in [-0.4, -0.2) is 5.78 Å². The molecule has 0 saturated carbocycles. The van der Waals surface area contributed by atoms with E-state index in [0.29, 0.717) is 11.7 Å². The molecule has 0 heterocycles. The lowest BCUT2D eigenvalue weighted by atomic mass is 9.86. The maximum atomic E-state index is 11.4. The second kappa shape index (κ2) is 3.91. The van der Waals surface area contributed by atoms with Gasteiger partial charge in [-0.1, -0.05) is 23.8 Å². The molecule has 2 bridgehead atoms. The summed E-state index contributed by atoms with van der Waals surface area (Å²) in [6.45, 7) is 0. The zero-order chi connectivity index (χ0) is 9.10. The van der Waals surface area contributed by atoms with E-state index in [1.807, 2.05) is 0 Å². The van der Waals surface area contributed by atoms with Crippen LogP contribution in [-0.2, 0) is 4.79 Å². The van der Waals surface area contributed by atoms with Gasteiger partial charge in [-0.25, -0.2) is 0 Å². The van der Waals surface area contributed by atoms with Crippen molar-refractivity contribution in [2.75, 3.05) is 0 Å². The summed E-state index contributed by atoms with van der Waals surface area (Å²) in [5.74, 6) is 0.983. The smallest absolute Gasteiger partial charge is 0.133 e. The van der Waals surface area contributed by atoms with Crippen LogP contribution in [0.2, 0.25) is 0 Å². The summed E-state index contributed by atoms with van der Waals surface area (Å²) >= 11 is 0. The van der Waals surface area contributed by atoms with Crippen molar-refractivity contribution in [2.45, 2.75) is 38.5 Å². The molecule has 0 aromatic carbocycles. The molecule has 3 aliphatic carbocycles. The minimum atomic E-state index is 0.452. The number of carbonyl (C=O) groups excluding carboxylic acids is 1. The quantitative estimate of drug-likeness (QED) is 0.554. The van der Waals surface area contributed by atoms with Gasteiger partial charge in [0.1, 0.15) is 5.78 Å². The highest BCUT2D eigenvalue weighted by Gasteiger charge is 2.15. The molecule has 0 unspecified atom stereocenters. The number of allylic oxidation sites excluding steroid dienone is 4. The molecule has 0 saturated heterocycles. The van der Waals surface area contributed by atoms with E-state index in [1.54, 1.807) is 0 Å². The highest BCUT2D eigenvalue weighted by molar-refractivity contribution is 5.78. The van der Waals surface area contributed by atoms with Crippen molar-refractivity contribution in [1.29, 1.82) is 0 Å². The Balaban J connectivity index is 2.13. The van der Waals surface area contributed by atoms with Gasteiger partial charge >= 0.3 is 0 Å². The molecular formula is C12H16O. The molecule has 1 heteroatoms. The van der Waals surface area contributed by atoms with Crippen LogP contribution in [0.1, 0.15) is 38.5 Å². The van der Waals surface area contributed by atoms with E-state index < -0.39 is 0 Å². The van der Waals surface area contributed by atoms with Crippen LogP contribution < -0.4 is 0 Å². The van der Waals surface area contributed by atoms with Gasteiger partial charge < -0.3 is 0 Å². The molecule has 13 heavy (non-hydrogen) atoms. The van der Waals surface area contributed by atoms with Crippen molar-refractivity contribution in [3.05, 3.63) is 23.8 Å². The van der Waals surface area contributed by atoms with Crippen LogP contribution in [0.3, 0.4) is 0 Å². The lowest BCUT2D eigenvalue weighted by Gasteiger charge is -2.18. The van der Waals surface area contributed by atoms with E-state index in [9.17, 15) is 4.79 Å². The number of hydrogen-bond donors (Lipinski definition) is 0. The third kappa shape index (κ3) is 2.30. The molecule has 0 aromatic rings. The predicted octanol–water partition coefficient (Wildman–Crippen LogP) is 3.02. The monoisotopic (exact) mass is 176 g/mol. The summed E-state index contributed by atoms with van der Waals surface area (Å²) in [4.78, 5) is 11.4. The summed E-state index contributed by atoms with van der Waals surface area (Å²) in [7, 11) is 0. The van der Waals surface area contributed by atoms with Gasteiger partial charge in [0, 0.05) is 12.8 Å². The normalized spacial score (nSPS) is 32.8. The van der Waals surface area contributed by atoms with Gasteiger partial charge in [0.25, 0.3) is 0 Å². The van der Waals surface area contributed by atoms with Gasteiger partial charge in [-0.3, -0.25) is 4.79 Å². The van der Waals surface area contributed by atoms with E-state index in [4.69, 9.17) is 0 Å². The first kappa shape index (κ1) is 8.74. The largest absolute Gasteiger partial charge is 0.300 e. The highest BCUT2D eigenvalue weighted by Crippen LogP contribution is 2.26. The van der Waals surface area contributed by atoms with Crippen LogP contribution >= 0.6 is 0 Å². The Morgan fingerprint density at radius 1 is 1.31 bits per heavy atom. The van der Waals surface area contributed by atoms with E-state index in [-0.39, 0.29) is 0 Å². The summed E-state index contributed by atoms with van der Waals surface area (Å²) in [5, 5.41) is 0. The average molecular weight is 176 g/mol. The molecule has 0 aromatic heterocycles. The van der Waals surface area contributed by atoms with Crippen LogP contribution in [0, 0.1) is 5.92 Å². The fourth-order valence-electron chi connectivity index (χ4n) is 2.11. The molecule has 1 atom stereocenters. The molecular weight excluding hydrogens is 160 g/mol. The number of Topliss-reactive ketones (excluding diaryl/α,β-unsaturated/α-hetero) is 1. The third-order valence-corrected chi connectivity index (χ3v) is 2.94. The molecule has 3 rings (SSSR count). The Bertz CT molecular complexity index is 260. The van der Waals surface area contributed by atoms with Crippen molar-refractivity contribution in [2.24, 2.45) is 5.92 Å². The van der Waals surface area contributed by atoms with Gasteiger partial charge in [0.05, 0.1) is 0 Å². The molecule has 0 aliphatic heterocycles. The maximum Gasteiger partial charge on any atom is 0.133 e. The van der Waals surface area contributed by atoms with Crippen LogP contribution in [0.25, 0.3) is 0 Å². The first-order chi connectivity index (χ1) is 6.34. The van der Waals surface area contributed by atoms with Gasteiger partial charge in [0.15, 0.2) is 0 Å². The van der Waals surface area contributed by atoms with E-state index in [2.05, 4.69) is 18.2 Å². The number of fused-ring (bicyclic) bond motifs is 6. The molecule has 0 radical (unpaired) electrons. The van der Waals surface area contributed by atoms with Crippen LogP contribution in [0.15, 0.2) is 23.8 Å². The topological polar surface area (TPSA) is 17.1 Å². The summed E-state index contributed by atoms with van der Waals surface area (Å²) in [6.07, 6.45) is 12.8. The second-order valence-electron chi connectivity index (χ2n) is 4.07. The average Bonchev–Trinajstić information content (AvgIpc) is 2.16. The first-order valence-electron chi connectivity index (χ1n) is 5.23. The summed E-state index contributed by atoms with van der Waals surface area (Å²) < 4.78 is 0. The van der Waals surface area contributed by atoms with E-state index in [1.165, 1.54) is 18.4 Å². The predicted molar refractivity (Wildman–Crippen MR) is 53.4 cm³/mol. The Morgan fingerprint density at radius 3 is 3.00 bits per heavy atom. The Hall–Kier alpha value is -0.850. The van der Waals surface area contributed by atoms with Crippen molar-refractivity contribution < 1.29 is 4.79 Å². The fraction of sp³-hybridized carbons (Fsp3) is 0.583. The molecule has 70 valence electrons. The number of carbonyl (C=O) groups is 1. The minimum Gasteiger partial charge on any atom is -0.300 e. The van der Waals surface area contributed by atoms with Gasteiger partial charge in [0.2, 0.25) is 0 Å². The number of ketones is 1. The standard InChI is InChI=1S/C12H16O/c13-12-4-2-1-3-10-5-7-11(9-12)8-6-10/h3,5,7,11H,1-2,4,6,8-9H2/b10-3+/t11-/m1/s1. The zero-order valence-electron chi connectivity index (χ0n) is 7.96. The summed E-state index contributed by atoms with van der Waals surface area (Å²) in [5.41, 5.74) is 1.48. The van der Waals surface area contributed by atoms with Gasteiger partial charge in [-0.15, -0.1) is 0 Å². The van der Waals surface area contributed by atoms with Gasteiger partial charge in [-0.05, 0) is 31.6 Å². The van der Waals surface area contributed by atoms with Crippen LogP contribution in [0.5, 0.6) is 0 Å². The fourth-order valence-corrected chi connectivity index (χ4v) is 2.11. The number of rotatable bonds is 0. The van der Waals surface area contributed by atoms with Crippen LogP contribution in [0.4, 0.5) is 0 Å². The molecule has 1 nitrogen and oxygen atoms in total. The Kier molecular flexibility index (Phi) is 2.62. The Morgan fingerprint density at radius 2 is 2.23 bits per heavy atom. The van der Waals surface area contributed by atoms with E-state index in [0.717, 1.165) is 25.7 Å². The first-order valence-corrected chi connectivity index (χ1v) is 5.23. The molecule has 0 spiro atoms. The van der Waals surface area contributed by atoms with Crippen molar-refractivity contribution in [3.63, 3.8) is 0 Å². The Labute approximate surface area is 79.5 Å². The van der Waals surface area contributed by atoms with Crippen molar-refractivity contribution in [1.82, 2.24) is 0 Å². The lowest BCUT2D eigenvalue weighted by molar-refractivity contribution is -0.119. The third-order valence-electron chi connectivity index (χ3n) is 2.94.